The third kappa shape index (κ3) is 4.13. The second-order valence-corrected chi connectivity index (χ2v) is 1.99. The van der Waals surface area contributed by atoms with Gasteiger partial charge in [-0.2, -0.15) is 5.26 Å². The quantitative estimate of drug-likeness (QED) is 0.460. The Morgan fingerprint density at radius 1 is 1.58 bits per heavy atom. The topological polar surface area (TPSA) is 63.7 Å². The summed E-state index contributed by atoms with van der Waals surface area (Å²) in [6.07, 6.45) is -2.72. The summed E-state index contributed by atoms with van der Waals surface area (Å²) in [6, 6.07) is 1.69. The van der Waals surface area contributed by atoms with E-state index in [1.165, 1.54) is 13.8 Å². The van der Waals surface area contributed by atoms with Crippen molar-refractivity contribution in [1.82, 2.24) is 0 Å². The predicted molar refractivity (Wildman–Crippen MR) is 38.7 cm³/mol. The molecule has 0 aliphatic rings. The first-order chi connectivity index (χ1) is 5.60. The van der Waals surface area contributed by atoms with E-state index < -0.39 is 18.5 Å². The number of hydrogen-bond donors (Lipinski definition) is 0. The Morgan fingerprint density at radius 2 is 2.17 bits per heavy atom. The number of nitrogens with zero attached hydrogens (tertiary/aromatic N) is 2. The highest BCUT2D eigenvalue weighted by atomic mass is 16.7. The lowest BCUT2D eigenvalue weighted by Gasteiger charge is -2.05. The van der Waals surface area contributed by atoms with Gasteiger partial charge in [0.2, 0.25) is 0 Å². The molecule has 0 heterocycles. The Bertz CT molecular complexity index is 214. The van der Waals surface area contributed by atoms with Crippen molar-refractivity contribution in [3.8, 4) is 6.07 Å². The number of nitriles is 1. The van der Waals surface area contributed by atoms with Gasteiger partial charge < -0.3 is 9.47 Å². The van der Waals surface area contributed by atoms with Crippen LogP contribution in [0.3, 0.4) is 0 Å². The SMILES string of the molecule is [C-]#[N+]C(C)OC(=O)OC(C)C#N. The minimum atomic E-state index is -0.993. The van der Waals surface area contributed by atoms with Gasteiger partial charge in [-0.1, -0.05) is 0 Å². The third-order valence-corrected chi connectivity index (χ3v) is 0.903. The molecule has 5 nitrogen and oxygen atoms in total. The van der Waals surface area contributed by atoms with Gasteiger partial charge in [0.05, 0.1) is 6.92 Å². The van der Waals surface area contributed by atoms with Crippen molar-refractivity contribution < 1.29 is 14.3 Å². The summed E-state index contributed by atoms with van der Waals surface area (Å²) in [5, 5.41) is 8.23. The van der Waals surface area contributed by atoms with Crippen molar-refractivity contribution >= 4 is 6.16 Å². The maximum Gasteiger partial charge on any atom is 0.515 e. The highest BCUT2D eigenvalue weighted by Crippen LogP contribution is 1.98. The molecule has 0 aromatic heterocycles. The molecule has 5 heteroatoms. The molecule has 2 atom stereocenters. The average molecular weight is 168 g/mol. The summed E-state index contributed by atoms with van der Waals surface area (Å²) < 4.78 is 8.81. The summed E-state index contributed by atoms with van der Waals surface area (Å²) in [6.45, 7) is 9.27. The molecule has 0 fully saturated rings. The number of ether oxygens (including phenoxy) is 2. The van der Waals surface area contributed by atoms with Gasteiger partial charge in [0.25, 0.3) is 0 Å². The van der Waals surface area contributed by atoms with Gasteiger partial charge in [-0.3, -0.25) is 4.85 Å². The van der Waals surface area contributed by atoms with Gasteiger partial charge in [0.1, 0.15) is 6.07 Å². The summed E-state index contributed by atoms with van der Waals surface area (Å²) in [7, 11) is 0. The monoisotopic (exact) mass is 168 g/mol. The molecule has 0 amide bonds. The third-order valence-electron chi connectivity index (χ3n) is 0.903. The highest BCUT2D eigenvalue weighted by Gasteiger charge is 2.15. The van der Waals surface area contributed by atoms with Crippen LogP contribution in [0.15, 0.2) is 0 Å². The van der Waals surface area contributed by atoms with Crippen LogP contribution in [0.5, 0.6) is 0 Å². The molecule has 0 aliphatic carbocycles. The van der Waals surface area contributed by atoms with Crippen LogP contribution < -0.4 is 0 Å². The van der Waals surface area contributed by atoms with E-state index in [4.69, 9.17) is 11.8 Å². The van der Waals surface area contributed by atoms with Crippen molar-refractivity contribution in [1.29, 1.82) is 5.26 Å². The van der Waals surface area contributed by atoms with E-state index in [1.807, 2.05) is 0 Å². The molecule has 12 heavy (non-hydrogen) atoms. The van der Waals surface area contributed by atoms with E-state index in [2.05, 4.69) is 14.3 Å². The Morgan fingerprint density at radius 3 is 2.58 bits per heavy atom. The zero-order valence-corrected chi connectivity index (χ0v) is 6.77. The number of carbonyl (C=O) groups is 1. The second-order valence-electron chi connectivity index (χ2n) is 1.99. The van der Waals surface area contributed by atoms with Crippen molar-refractivity contribution in [3.63, 3.8) is 0 Å². The maximum atomic E-state index is 10.6. The van der Waals surface area contributed by atoms with Crippen LogP contribution >= 0.6 is 0 Å². The number of carbonyl (C=O) groups excluding carboxylic acids is 1. The van der Waals surface area contributed by atoms with Gasteiger partial charge >= 0.3 is 12.4 Å². The fraction of sp³-hybridized carbons (Fsp3) is 0.571. The first-order valence-corrected chi connectivity index (χ1v) is 3.23. The van der Waals surface area contributed by atoms with Gasteiger partial charge in [0, 0.05) is 0 Å². The zero-order chi connectivity index (χ0) is 9.56. The highest BCUT2D eigenvalue weighted by molar-refractivity contribution is 5.60. The van der Waals surface area contributed by atoms with Crippen molar-refractivity contribution in [2.75, 3.05) is 0 Å². The van der Waals surface area contributed by atoms with E-state index in [-0.39, 0.29) is 0 Å². The van der Waals surface area contributed by atoms with E-state index in [0.29, 0.717) is 0 Å². The lowest BCUT2D eigenvalue weighted by Crippen LogP contribution is -2.17. The molecule has 0 N–H and O–H groups in total. The molecule has 0 saturated heterocycles. The fourth-order valence-electron chi connectivity index (χ4n) is 0.364. The Labute approximate surface area is 70.3 Å². The Kier molecular flexibility index (Phi) is 4.25. The largest absolute Gasteiger partial charge is 0.515 e. The normalized spacial score (nSPS) is 13.3. The van der Waals surface area contributed by atoms with E-state index in [1.54, 1.807) is 6.07 Å². The van der Waals surface area contributed by atoms with E-state index in [0.717, 1.165) is 0 Å². The van der Waals surface area contributed by atoms with Gasteiger partial charge in [0.15, 0.2) is 6.10 Å². The molecule has 0 aliphatic heterocycles. The van der Waals surface area contributed by atoms with Gasteiger partial charge in [-0.25, -0.2) is 11.4 Å². The first-order valence-electron chi connectivity index (χ1n) is 3.23. The van der Waals surface area contributed by atoms with Crippen LogP contribution in [0.1, 0.15) is 13.8 Å². The lowest BCUT2D eigenvalue weighted by molar-refractivity contribution is 0.0307. The molecule has 0 aromatic rings. The lowest BCUT2D eigenvalue weighted by atomic mass is 10.5. The van der Waals surface area contributed by atoms with Crippen LogP contribution in [0.25, 0.3) is 4.85 Å². The Hall–Kier alpha value is -1.75. The molecule has 2 unspecified atom stereocenters. The molecule has 0 saturated carbocycles. The van der Waals surface area contributed by atoms with Crippen molar-refractivity contribution in [2.45, 2.75) is 26.2 Å². The molecular formula is C7H8N2O3. The predicted octanol–water partition coefficient (Wildman–Crippen LogP) is 1.32. The van der Waals surface area contributed by atoms with Gasteiger partial charge in [-0.05, 0) is 6.92 Å². The smallest absolute Gasteiger partial charge is 0.416 e. The minimum absolute atomic E-state index is 0.851. The summed E-state index contributed by atoms with van der Waals surface area (Å²) >= 11 is 0. The van der Waals surface area contributed by atoms with Crippen LogP contribution in [-0.2, 0) is 9.47 Å². The molecular weight excluding hydrogens is 160 g/mol. The Balaban J connectivity index is 3.78. The van der Waals surface area contributed by atoms with E-state index in [9.17, 15) is 4.79 Å². The van der Waals surface area contributed by atoms with Crippen LogP contribution in [0, 0.1) is 17.9 Å². The number of hydrogen-bond acceptors (Lipinski definition) is 4. The first kappa shape index (κ1) is 10.2. The van der Waals surface area contributed by atoms with Crippen molar-refractivity contribution in [2.24, 2.45) is 0 Å². The summed E-state index contributed by atoms with van der Waals surface area (Å²) in [5.41, 5.74) is 0. The number of rotatable bonds is 2. The second kappa shape index (κ2) is 4.97. The fourth-order valence-corrected chi connectivity index (χ4v) is 0.364. The zero-order valence-electron chi connectivity index (χ0n) is 6.77. The average Bonchev–Trinajstić information content (AvgIpc) is 2.03. The van der Waals surface area contributed by atoms with Gasteiger partial charge in [-0.15, -0.1) is 0 Å². The molecule has 0 radical (unpaired) electrons. The van der Waals surface area contributed by atoms with Crippen LogP contribution in [0.2, 0.25) is 0 Å². The van der Waals surface area contributed by atoms with Crippen molar-refractivity contribution in [3.05, 3.63) is 11.4 Å². The standard InChI is InChI=1S/C7H8N2O3/c1-5(4-8)11-7(10)12-6(2)9-3/h5-6H,1-2H3. The molecule has 64 valence electrons. The minimum Gasteiger partial charge on any atom is -0.416 e. The molecule has 0 aromatic carbocycles. The van der Waals surface area contributed by atoms with Crippen LogP contribution in [0.4, 0.5) is 4.79 Å². The molecule has 0 bridgehead atoms. The summed E-state index contributed by atoms with van der Waals surface area (Å²) in [5.74, 6) is 0. The molecule has 0 spiro atoms. The molecule has 0 rings (SSSR count). The van der Waals surface area contributed by atoms with E-state index >= 15 is 0 Å². The van der Waals surface area contributed by atoms with Crippen LogP contribution in [-0.4, -0.2) is 18.5 Å². The maximum absolute atomic E-state index is 10.6. The summed E-state index contributed by atoms with van der Waals surface area (Å²) in [4.78, 5) is 13.5.